The number of rotatable bonds is 7. The Morgan fingerprint density at radius 3 is 2.68 bits per heavy atom. The Kier molecular flexibility index (Phi) is 6.94. The molecule has 1 saturated carbocycles. The van der Waals surface area contributed by atoms with Crippen LogP contribution in [0, 0.1) is 0 Å². The summed E-state index contributed by atoms with van der Waals surface area (Å²) in [6.45, 7) is 9.01. The Bertz CT molecular complexity index is 916. The lowest BCUT2D eigenvalue weighted by Gasteiger charge is -2.26. The number of aromatic nitrogens is 2. The molecule has 0 atom stereocenters. The van der Waals surface area contributed by atoms with Crippen molar-refractivity contribution in [2.24, 2.45) is 0 Å². The lowest BCUT2D eigenvalue weighted by atomic mass is 9.95. The number of likely N-dealkylation sites (N-methyl/N-ethyl adjacent to an activating group) is 1. The molecule has 150 valence electrons. The average molecular weight is 400 g/mol. The van der Waals surface area contributed by atoms with Crippen LogP contribution in [0.15, 0.2) is 46.4 Å². The number of hydrogen-bond acceptors (Lipinski definition) is 4. The van der Waals surface area contributed by atoms with Gasteiger partial charge in [-0.25, -0.2) is 4.98 Å². The summed E-state index contributed by atoms with van der Waals surface area (Å²) in [5.41, 5.74) is 1.67. The minimum atomic E-state index is 0.0155. The Morgan fingerprint density at radius 1 is 1.29 bits per heavy atom. The van der Waals surface area contributed by atoms with E-state index >= 15 is 0 Å². The van der Waals surface area contributed by atoms with Crippen molar-refractivity contribution in [1.82, 2.24) is 14.5 Å². The van der Waals surface area contributed by atoms with Crippen molar-refractivity contribution >= 4 is 28.6 Å². The number of carbonyl (C=O) groups excluding carboxylic acids is 1. The van der Waals surface area contributed by atoms with Gasteiger partial charge in [0.15, 0.2) is 5.16 Å². The fraction of sp³-hybridized carbons (Fsp3) is 0.500. The first kappa shape index (κ1) is 20.6. The summed E-state index contributed by atoms with van der Waals surface area (Å²) in [4.78, 5) is 32.5. The second-order valence-corrected chi connectivity index (χ2v) is 8.47. The summed E-state index contributed by atoms with van der Waals surface area (Å²) in [7, 11) is 0. The summed E-state index contributed by atoms with van der Waals surface area (Å²) in [5, 5.41) is 1.32. The number of carbonyl (C=O) groups is 1. The quantitative estimate of drug-likeness (QED) is 0.393. The van der Waals surface area contributed by atoms with Crippen LogP contribution >= 0.6 is 11.8 Å². The second-order valence-electron chi connectivity index (χ2n) is 7.53. The number of benzene rings is 1. The van der Waals surface area contributed by atoms with E-state index in [-0.39, 0.29) is 23.3 Å². The van der Waals surface area contributed by atoms with Crippen LogP contribution in [0.2, 0.25) is 0 Å². The van der Waals surface area contributed by atoms with Crippen LogP contribution < -0.4 is 5.56 Å². The molecule has 0 unspecified atom stereocenters. The minimum Gasteiger partial charge on any atom is -0.338 e. The fourth-order valence-electron chi connectivity index (χ4n) is 3.81. The normalized spacial score (nSPS) is 14.9. The van der Waals surface area contributed by atoms with E-state index in [0.717, 1.165) is 31.3 Å². The summed E-state index contributed by atoms with van der Waals surface area (Å²) in [5.74, 6) is 0.326. The van der Waals surface area contributed by atoms with E-state index in [1.807, 2.05) is 42.7 Å². The molecule has 1 aromatic heterocycles. The maximum atomic E-state index is 13.2. The maximum Gasteiger partial charge on any atom is 0.262 e. The van der Waals surface area contributed by atoms with Crippen LogP contribution in [-0.2, 0) is 4.79 Å². The third-order valence-corrected chi connectivity index (χ3v) is 6.17. The topological polar surface area (TPSA) is 55.2 Å². The van der Waals surface area contributed by atoms with E-state index in [9.17, 15) is 9.59 Å². The number of hydrogen-bond donors (Lipinski definition) is 0. The van der Waals surface area contributed by atoms with Gasteiger partial charge in [0.1, 0.15) is 0 Å². The first-order valence-electron chi connectivity index (χ1n) is 10.1. The van der Waals surface area contributed by atoms with Gasteiger partial charge in [-0.15, -0.1) is 0 Å². The van der Waals surface area contributed by atoms with E-state index in [1.54, 1.807) is 4.90 Å². The molecular formula is C22H29N3O2S. The van der Waals surface area contributed by atoms with Gasteiger partial charge in [-0.05, 0) is 38.8 Å². The van der Waals surface area contributed by atoms with Gasteiger partial charge in [-0.1, -0.05) is 55.3 Å². The van der Waals surface area contributed by atoms with Gasteiger partial charge in [-0.3, -0.25) is 14.2 Å². The molecule has 3 rings (SSSR count). The van der Waals surface area contributed by atoms with Gasteiger partial charge in [0.2, 0.25) is 5.91 Å². The molecule has 0 spiro atoms. The predicted molar refractivity (Wildman–Crippen MR) is 116 cm³/mol. The smallest absolute Gasteiger partial charge is 0.262 e. The molecule has 0 aliphatic heterocycles. The molecule has 1 aliphatic rings. The van der Waals surface area contributed by atoms with Crippen LogP contribution in [0.5, 0.6) is 0 Å². The van der Waals surface area contributed by atoms with Gasteiger partial charge in [0.25, 0.3) is 5.56 Å². The van der Waals surface area contributed by atoms with Crippen LogP contribution in [0.25, 0.3) is 10.9 Å². The van der Waals surface area contributed by atoms with Crippen LogP contribution in [0.1, 0.15) is 52.0 Å². The third-order valence-electron chi connectivity index (χ3n) is 5.24. The zero-order valence-corrected chi connectivity index (χ0v) is 17.6. The largest absolute Gasteiger partial charge is 0.338 e. The van der Waals surface area contributed by atoms with Crippen molar-refractivity contribution in [3.63, 3.8) is 0 Å². The first-order valence-corrected chi connectivity index (χ1v) is 11.1. The van der Waals surface area contributed by atoms with Crippen molar-refractivity contribution in [2.75, 3.05) is 18.8 Å². The second kappa shape index (κ2) is 9.41. The van der Waals surface area contributed by atoms with Crippen molar-refractivity contribution in [1.29, 1.82) is 0 Å². The highest BCUT2D eigenvalue weighted by Crippen LogP contribution is 2.31. The molecule has 1 heterocycles. The van der Waals surface area contributed by atoms with E-state index in [2.05, 4.69) is 6.58 Å². The maximum absolute atomic E-state index is 13.2. The lowest BCUT2D eigenvalue weighted by molar-refractivity contribution is -0.127. The molecular weight excluding hydrogens is 370 g/mol. The molecule has 1 aliphatic carbocycles. The Labute approximate surface area is 170 Å². The number of thioether (sulfide) groups is 1. The molecule has 5 nitrogen and oxygen atoms in total. The monoisotopic (exact) mass is 399 g/mol. The average Bonchev–Trinajstić information content (AvgIpc) is 2.70. The third kappa shape index (κ3) is 4.66. The van der Waals surface area contributed by atoms with Crippen molar-refractivity contribution in [3.8, 4) is 0 Å². The molecule has 0 bridgehead atoms. The number of fused-ring (bicyclic) bond motifs is 1. The fourth-order valence-corrected chi connectivity index (χ4v) is 4.78. The van der Waals surface area contributed by atoms with Gasteiger partial charge in [-0.2, -0.15) is 0 Å². The van der Waals surface area contributed by atoms with Gasteiger partial charge >= 0.3 is 0 Å². The Balaban J connectivity index is 1.91. The van der Waals surface area contributed by atoms with Gasteiger partial charge in [0.05, 0.1) is 16.7 Å². The highest BCUT2D eigenvalue weighted by molar-refractivity contribution is 7.99. The molecule has 6 heteroatoms. The van der Waals surface area contributed by atoms with Crippen molar-refractivity contribution in [3.05, 3.63) is 46.8 Å². The molecule has 28 heavy (non-hydrogen) atoms. The molecule has 0 radical (unpaired) electrons. The number of para-hydroxylation sites is 1. The zero-order chi connectivity index (χ0) is 20.1. The lowest BCUT2D eigenvalue weighted by Crippen LogP contribution is -2.34. The summed E-state index contributed by atoms with van der Waals surface area (Å²) in [6, 6.07) is 7.66. The molecule has 1 aromatic carbocycles. The highest BCUT2D eigenvalue weighted by atomic mass is 32.2. The van der Waals surface area contributed by atoms with E-state index in [0.29, 0.717) is 29.1 Å². The van der Waals surface area contributed by atoms with Crippen LogP contribution in [0.4, 0.5) is 0 Å². The van der Waals surface area contributed by atoms with Crippen LogP contribution in [0.3, 0.4) is 0 Å². The molecule has 1 amide bonds. The minimum absolute atomic E-state index is 0.0155. The summed E-state index contributed by atoms with van der Waals surface area (Å²) < 4.78 is 1.86. The van der Waals surface area contributed by atoms with E-state index in [1.165, 1.54) is 18.2 Å². The Morgan fingerprint density at radius 2 is 2.00 bits per heavy atom. The number of nitrogens with zero attached hydrogens (tertiary/aromatic N) is 3. The zero-order valence-electron chi connectivity index (χ0n) is 16.8. The molecule has 1 fully saturated rings. The van der Waals surface area contributed by atoms with Crippen molar-refractivity contribution in [2.45, 2.75) is 57.1 Å². The molecule has 0 saturated heterocycles. The number of amides is 1. The summed E-state index contributed by atoms with van der Waals surface area (Å²) >= 11 is 1.38. The van der Waals surface area contributed by atoms with Gasteiger partial charge < -0.3 is 4.90 Å². The predicted octanol–water partition coefficient (Wildman–Crippen LogP) is 4.42. The standard InChI is InChI=1S/C22H29N3O2S/c1-4-24(14-16(2)3)20(26)15-28-22-23-19-13-9-8-12-18(19)21(27)25(22)17-10-6-5-7-11-17/h8-9,12-13,17H,2,4-7,10-11,14-15H2,1,3H3. The van der Waals surface area contributed by atoms with Gasteiger partial charge in [0, 0.05) is 19.1 Å². The summed E-state index contributed by atoms with van der Waals surface area (Å²) in [6.07, 6.45) is 5.49. The van der Waals surface area contributed by atoms with E-state index < -0.39 is 0 Å². The van der Waals surface area contributed by atoms with Crippen LogP contribution in [-0.4, -0.2) is 39.2 Å². The molecule has 2 aromatic rings. The van der Waals surface area contributed by atoms with Crippen molar-refractivity contribution < 1.29 is 4.79 Å². The first-order chi connectivity index (χ1) is 13.5. The van der Waals surface area contributed by atoms with E-state index in [4.69, 9.17) is 4.98 Å². The SMILES string of the molecule is C=C(C)CN(CC)C(=O)CSc1nc2ccccc2c(=O)n1C1CCCCC1. The molecule has 0 N–H and O–H groups in total. The highest BCUT2D eigenvalue weighted by Gasteiger charge is 2.23. The Hall–Kier alpha value is -2.08.